The Hall–Kier alpha value is -2.20. The molecule has 10 nitrogen and oxygen atoms in total. The van der Waals surface area contributed by atoms with E-state index < -0.39 is 5.97 Å². The molecule has 0 aromatic carbocycles. The highest BCUT2D eigenvalue weighted by Gasteiger charge is 2.29. The van der Waals surface area contributed by atoms with Gasteiger partial charge in [0, 0.05) is 38.1 Å². The summed E-state index contributed by atoms with van der Waals surface area (Å²) in [5.74, 6) is 0.213. The number of carbonyl (C=O) groups is 3. The molecule has 3 rings (SSSR count). The average molecular weight is 467 g/mol. The van der Waals surface area contributed by atoms with E-state index in [0.717, 1.165) is 51.7 Å². The molecule has 7 N–H and O–H groups in total. The van der Waals surface area contributed by atoms with Gasteiger partial charge in [0.2, 0.25) is 12.3 Å². The van der Waals surface area contributed by atoms with Gasteiger partial charge in [-0.3, -0.25) is 25.1 Å². The molecule has 3 aliphatic rings. The van der Waals surface area contributed by atoms with Crippen molar-refractivity contribution in [2.45, 2.75) is 76.3 Å². The summed E-state index contributed by atoms with van der Waals surface area (Å²) in [5, 5.41) is 24.9. The zero-order chi connectivity index (χ0) is 24.1. The maximum atomic E-state index is 12.5. The number of nitrogens with zero attached hydrogens (tertiary/aromatic N) is 1. The van der Waals surface area contributed by atoms with E-state index in [1.165, 1.54) is 32.1 Å². The fourth-order valence-electron chi connectivity index (χ4n) is 4.94. The number of hydrogen-bond acceptors (Lipinski definition) is 6. The van der Waals surface area contributed by atoms with Crippen molar-refractivity contribution in [3.8, 4) is 0 Å². The number of amidine groups is 1. The second-order valence-corrected chi connectivity index (χ2v) is 9.46. The van der Waals surface area contributed by atoms with Gasteiger partial charge in [-0.1, -0.05) is 32.1 Å². The Labute approximate surface area is 196 Å². The van der Waals surface area contributed by atoms with Crippen LogP contribution in [0.5, 0.6) is 0 Å². The van der Waals surface area contributed by atoms with Crippen LogP contribution in [0.2, 0.25) is 0 Å². The molecule has 0 spiro atoms. The van der Waals surface area contributed by atoms with E-state index in [4.69, 9.17) is 16.2 Å². The van der Waals surface area contributed by atoms with E-state index in [0.29, 0.717) is 24.9 Å². The molecule has 10 heteroatoms. The molecule has 188 valence electrons. The molecule has 3 fully saturated rings. The van der Waals surface area contributed by atoms with E-state index in [2.05, 4.69) is 16.0 Å². The maximum Gasteiger partial charge on any atom is 0.317 e. The van der Waals surface area contributed by atoms with Gasteiger partial charge in [0.05, 0.1) is 18.4 Å². The van der Waals surface area contributed by atoms with Gasteiger partial charge in [-0.15, -0.1) is 0 Å². The Balaban J connectivity index is 0.000000257. The summed E-state index contributed by atoms with van der Waals surface area (Å²) in [5.41, 5.74) is 5.38. The topological polar surface area (TPSA) is 161 Å². The van der Waals surface area contributed by atoms with E-state index >= 15 is 0 Å². The lowest BCUT2D eigenvalue weighted by Crippen LogP contribution is -2.48. The van der Waals surface area contributed by atoms with Crippen LogP contribution in [0.4, 0.5) is 0 Å². The first-order valence-corrected chi connectivity index (χ1v) is 12.4. The van der Waals surface area contributed by atoms with Crippen LogP contribution in [0.3, 0.4) is 0 Å². The Bertz CT molecular complexity index is 626. The highest BCUT2D eigenvalue weighted by molar-refractivity contribution is 5.83. The number of aliphatic carboxylic acids is 1. The summed E-state index contributed by atoms with van der Waals surface area (Å²) < 4.78 is 0. The third-order valence-corrected chi connectivity index (χ3v) is 6.91. The van der Waals surface area contributed by atoms with Gasteiger partial charge in [-0.25, -0.2) is 0 Å². The number of nitrogens with one attached hydrogen (secondary N) is 4. The van der Waals surface area contributed by atoms with Crippen molar-refractivity contribution < 1.29 is 19.5 Å². The largest absolute Gasteiger partial charge is 0.480 e. The predicted molar refractivity (Wildman–Crippen MR) is 127 cm³/mol. The highest BCUT2D eigenvalue weighted by Crippen LogP contribution is 2.28. The Morgan fingerprint density at radius 2 is 1.82 bits per heavy atom. The third-order valence-electron chi connectivity index (χ3n) is 6.91. The van der Waals surface area contributed by atoms with Gasteiger partial charge < -0.3 is 26.4 Å². The van der Waals surface area contributed by atoms with Crippen LogP contribution in [-0.4, -0.2) is 78.9 Å². The number of amides is 2. The molecule has 0 aromatic rings. The number of carboxylic acid groups (broad SMARTS) is 1. The first-order valence-electron chi connectivity index (χ1n) is 12.4. The molecule has 2 amide bonds. The number of rotatable bonds is 10. The fourth-order valence-corrected chi connectivity index (χ4v) is 4.94. The molecule has 2 aliphatic heterocycles. The van der Waals surface area contributed by atoms with Crippen molar-refractivity contribution in [1.29, 1.82) is 5.41 Å². The summed E-state index contributed by atoms with van der Waals surface area (Å²) in [6.45, 7) is 2.94. The number of piperidine rings is 1. The molecule has 33 heavy (non-hydrogen) atoms. The van der Waals surface area contributed by atoms with Crippen LogP contribution in [0.25, 0.3) is 0 Å². The molecule has 1 aliphatic carbocycles. The zero-order valence-corrected chi connectivity index (χ0v) is 19.7. The smallest absolute Gasteiger partial charge is 0.317 e. The number of likely N-dealkylation sites (tertiary alicyclic amines) is 1. The Morgan fingerprint density at radius 3 is 2.36 bits per heavy atom. The minimum Gasteiger partial charge on any atom is -0.480 e. The molecule has 0 bridgehead atoms. The molecule has 2 heterocycles. The average Bonchev–Trinajstić information content (AvgIpc) is 3.36. The number of carboxylic acids is 1. The monoisotopic (exact) mass is 466 g/mol. The second kappa shape index (κ2) is 14.8. The summed E-state index contributed by atoms with van der Waals surface area (Å²) in [4.78, 5) is 35.2. The van der Waals surface area contributed by atoms with Crippen molar-refractivity contribution in [2.24, 2.45) is 17.6 Å². The Kier molecular flexibility index (Phi) is 12.2. The van der Waals surface area contributed by atoms with Gasteiger partial charge in [-0.05, 0) is 38.0 Å². The lowest BCUT2D eigenvalue weighted by molar-refractivity contribution is -0.137. The van der Waals surface area contributed by atoms with Crippen molar-refractivity contribution in [3.05, 3.63) is 0 Å². The van der Waals surface area contributed by atoms with Crippen LogP contribution in [0, 0.1) is 17.2 Å². The minimum atomic E-state index is -0.895. The molecule has 0 aromatic heterocycles. The van der Waals surface area contributed by atoms with Crippen molar-refractivity contribution in [1.82, 2.24) is 20.9 Å². The van der Waals surface area contributed by atoms with Crippen molar-refractivity contribution in [3.63, 3.8) is 0 Å². The van der Waals surface area contributed by atoms with Gasteiger partial charge in [0.25, 0.3) is 0 Å². The lowest BCUT2D eigenvalue weighted by atomic mass is 9.84. The van der Waals surface area contributed by atoms with Crippen molar-refractivity contribution >= 4 is 24.1 Å². The zero-order valence-electron chi connectivity index (χ0n) is 19.7. The molecule has 1 saturated carbocycles. The van der Waals surface area contributed by atoms with Gasteiger partial charge in [-0.2, -0.15) is 0 Å². The van der Waals surface area contributed by atoms with Crippen LogP contribution < -0.4 is 21.7 Å². The van der Waals surface area contributed by atoms with E-state index in [9.17, 15) is 14.4 Å². The second-order valence-electron chi connectivity index (χ2n) is 9.46. The molecule has 3 unspecified atom stereocenters. The normalized spacial score (nSPS) is 24.3. The molecular weight excluding hydrogens is 424 g/mol. The summed E-state index contributed by atoms with van der Waals surface area (Å²) in [7, 11) is 0. The fraction of sp³-hybridized carbons (Fsp3) is 0.826. The first kappa shape index (κ1) is 27.0. The maximum absolute atomic E-state index is 12.5. The van der Waals surface area contributed by atoms with Gasteiger partial charge >= 0.3 is 5.97 Å². The summed E-state index contributed by atoms with van der Waals surface area (Å²) in [6, 6.07) is 0.0214. The minimum absolute atomic E-state index is 0.106. The summed E-state index contributed by atoms with van der Waals surface area (Å²) in [6.07, 6.45) is 11.7. The SMILES string of the molecule is N=C(N)C1CCC(CNC=O)NC1.O=C(O)CNC(CC1CCCCC1)C(=O)N1CCCC1. The van der Waals surface area contributed by atoms with E-state index in [1.54, 1.807) is 0 Å². The van der Waals surface area contributed by atoms with Gasteiger partial charge in [0.1, 0.15) is 0 Å². The highest BCUT2D eigenvalue weighted by atomic mass is 16.4. The summed E-state index contributed by atoms with van der Waals surface area (Å²) >= 11 is 0. The van der Waals surface area contributed by atoms with Crippen LogP contribution >= 0.6 is 0 Å². The van der Waals surface area contributed by atoms with Crippen LogP contribution in [-0.2, 0) is 14.4 Å². The van der Waals surface area contributed by atoms with E-state index in [1.807, 2.05) is 4.90 Å². The quantitative estimate of drug-likeness (QED) is 0.157. The number of carbonyl (C=O) groups excluding carboxylic acids is 2. The van der Waals surface area contributed by atoms with Crippen LogP contribution in [0.15, 0.2) is 0 Å². The lowest BCUT2D eigenvalue weighted by Gasteiger charge is -2.29. The first-order chi connectivity index (χ1) is 15.9. The molecule has 0 radical (unpaired) electrons. The number of nitrogens with two attached hydrogens (primary N) is 1. The van der Waals surface area contributed by atoms with Gasteiger partial charge in [0.15, 0.2) is 0 Å². The molecular formula is C23H42N6O4. The molecule has 2 saturated heterocycles. The standard InChI is InChI=1S/C15H26N2O3.C8H16N4O/c18-14(19)11-16-13(10-12-6-2-1-3-7-12)15(20)17-8-4-5-9-17;9-8(10)6-1-2-7(12-3-6)4-11-5-13/h12-13,16H,1-11H2,(H,18,19);5-7,12H,1-4H2,(H3,9,10)(H,11,13). The predicted octanol–water partition coefficient (Wildman–Crippen LogP) is 0.659. The van der Waals surface area contributed by atoms with Crippen molar-refractivity contribution in [2.75, 3.05) is 32.7 Å². The number of hydrogen-bond donors (Lipinski definition) is 6. The van der Waals surface area contributed by atoms with E-state index in [-0.39, 0.29) is 30.2 Å². The van der Waals surface area contributed by atoms with Crippen LogP contribution in [0.1, 0.15) is 64.2 Å². The Morgan fingerprint density at radius 1 is 1.12 bits per heavy atom. The third kappa shape index (κ3) is 10.1. The molecule has 3 atom stereocenters.